The van der Waals surface area contributed by atoms with E-state index in [2.05, 4.69) is 20.6 Å². The van der Waals surface area contributed by atoms with Crippen molar-refractivity contribution in [1.82, 2.24) is 9.97 Å². The molecular weight excluding hydrogens is 376 g/mol. The molecule has 7 heteroatoms. The Kier molecular flexibility index (Phi) is 6.11. The van der Waals surface area contributed by atoms with Crippen LogP contribution in [0.2, 0.25) is 5.02 Å². The first-order valence-electron chi connectivity index (χ1n) is 8.84. The predicted molar refractivity (Wildman–Crippen MR) is 112 cm³/mol. The third kappa shape index (κ3) is 4.98. The molecule has 0 atom stereocenters. The molecule has 0 bridgehead atoms. The smallest absolute Gasteiger partial charge is 0.258 e. The maximum Gasteiger partial charge on any atom is 0.258 e. The highest BCUT2D eigenvalue weighted by atomic mass is 35.5. The summed E-state index contributed by atoms with van der Waals surface area (Å²) >= 11 is 6.12. The zero-order chi connectivity index (χ0) is 20.1. The number of hydrogen-bond donors (Lipinski definition) is 2. The first-order chi connectivity index (χ1) is 13.4. The Hall–Kier alpha value is -3.12. The molecule has 3 aromatic rings. The molecule has 0 saturated heterocycles. The van der Waals surface area contributed by atoms with Crippen molar-refractivity contribution in [3.05, 3.63) is 71.0 Å². The van der Waals surface area contributed by atoms with Gasteiger partial charge in [0.15, 0.2) is 0 Å². The molecule has 28 heavy (non-hydrogen) atoms. The van der Waals surface area contributed by atoms with Crippen molar-refractivity contribution in [2.45, 2.75) is 26.9 Å². The van der Waals surface area contributed by atoms with Gasteiger partial charge in [0, 0.05) is 28.8 Å². The molecule has 0 unspecified atom stereocenters. The van der Waals surface area contributed by atoms with E-state index in [0.717, 1.165) is 17.0 Å². The molecule has 0 aliphatic carbocycles. The summed E-state index contributed by atoms with van der Waals surface area (Å²) < 4.78 is 5.59. The molecular formula is C21H21ClN4O2. The van der Waals surface area contributed by atoms with Gasteiger partial charge in [-0.2, -0.15) is 0 Å². The summed E-state index contributed by atoms with van der Waals surface area (Å²) in [4.78, 5) is 20.8. The topological polar surface area (TPSA) is 76.1 Å². The molecule has 144 valence electrons. The van der Waals surface area contributed by atoms with Gasteiger partial charge in [0.2, 0.25) is 5.95 Å². The van der Waals surface area contributed by atoms with E-state index in [0.29, 0.717) is 22.2 Å². The number of benzene rings is 2. The number of amides is 1. The standard InChI is InChI=1S/C21H21ClN4O2/c1-13(2)28-17-9-7-16(8-10-17)25-20(27)15-11-23-21(24-12-15)26-19-6-4-5-18(22)14(19)3/h4-13H,1-3H3,(H,25,27)(H,23,24,26). The first kappa shape index (κ1) is 19.6. The van der Waals surface area contributed by atoms with Gasteiger partial charge in [-0.1, -0.05) is 17.7 Å². The maximum absolute atomic E-state index is 12.4. The van der Waals surface area contributed by atoms with Gasteiger partial charge in [-0.25, -0.2) is 9.97 Å². The van der Waals surface area contributed by atoms with Crippen LogP contribution in [0.5, 0.6) is 5.75 Å². The maximum atomic E-state index is 12.4. The Morgan fingerprint density at radius 3 is 2.39 bits per heavy atom. The molecule has 6 nitrogen and oxygen atoms in total. The summed E-state index contributed by atoms with van der Waals surface area (Å²) in [6, 6.07) is 12.7. The molecule has 0 aliphatic heterocycles. The minimum atomic E-state index is -0.289. The molecule has 0 spiro atoms. The quantitative estimate of drug-likeness (QED) is 0.597. The van der Waals surface area contributed by atoms with Gasteiger partial charge in [0.05, 0.1) is 11.7 Å². The number of rotatable bonds is 6. The third-order valence-corrected chi connectivity index (χ3v) is 4.32. The highest BCUT2D eigenvalue weighted by molar-refractivity contribution is 6.31. The second-order valence-corrected chi connectivity index (χ2v) is 6.89. The Balaban J connectivity index is 1.64. The van der Waals surface area contributed by atoms with Crippen LogP contribution in [-0.4, -0.2) is 22.0 Å². The van der Waals surface area contributed by atoms with E-state index in [1.165, 1.54) is 12.4 Å². The zero-order valence-electron chi connectivity index (χ0n) is 15.9. The van der Waals surface area contributed by atoms with Gasteiger partial charge in [-0.15, -0.1) is 0 Å². The Bertz CT molecular complexity index is 957. The fourth-order valence-corrected chi connectivity index (χ4v) is 2.64. The number of nitrogens with one attached hydrogen (secondary N) is 2. The number of nitrogens with zero attached hydrogens (tertiary/aromatic N) is 2. The highest BCUT2D eigenvalue weighted by Crippen LogP contribution is 2.25. The lowest BCUT2D eigenvalue weighted by Crippen LogP contribution is -2.13. The van der Waals surface area contributed by atoms with Crippen molar-refractivity contribution >= 4 is 34.8 Å². The summed E-state index contributed by atoms with van der Waals surface area (Å²) in [5, 5.41) is 6.57. The molecule has 2 aromatic carbocycles. The molecule has 0 saturated carbocycles. The molecule has 1 heterocycles. The molecule has 0 fully saturated rings. The lowest BCUT2D eigenvalue weighted by atomic mass is 10.2. The fraction of sp³-hybridized carbons (Fsp3) is 0.190. The van der Waals surface area contributed by atoms with E-state index in [1.807, 2.05) is 51.1 Å². The average Bonchev–Trinajstić information content (AvgIpc) is 2.67. The Morgan fingerprint density at radius 1 is 1.07 bits per heavy atom. The van der Waals surface area contributed by atoms with Gasteiger partial charge in [0.1, 0.15) is 5.75 Å². The van der Waals surface area contributed by atoms with Crippen molar-refractivity contribution in [3.8, 4) is 5.75 Å². The van der Waals surface area contributed by atoms with Crippen LogP contribution in [0.3, 0.4) is 0 Å². The molecule has 3 rings (SSSR count). The number of anilines is 3. The molecule has 0 radical (unpaired) electrons. The van der Waals surface area contributed by atoms with Gasteiger partial charge >= 0.3 is 0 Å². The zero-order valence-corrected chi connectivity index (χ0v) is 16.6. The summed E-state index contributed by atoms with van der Waals surface area (Å²) in [6.07, 6.45) is 3.04. The molecule has 2 N–H and O–H groups in total. The predicted octanol–water partition coefficient (Wildman–Crippen LogP) is 5.22. The van der Waals surface area contributed by atoms with Crippen LogP contribution in [0.15, 0.2) is 54.9 Å². The second kappa shape index (κ2) is 8.71. The Morgan fingerprint density at radius 2 is 1.75 bits per heavy atom. The molecule has 1 aromatic heterocycles. The van der Waals surface area contributed by atoms with Crippen LogP contribution in [0, 0.1) is 6.92 Å². The van der Waals surface area contributed by atoms with Crippen LogP contribution >= 0.6 is 11.6 Å². The van der Waals surface area contributed by atoms with Crippen molar-refractivity contribution in [3.63, 3.8) is 0 Å². The minimum absolute atomic E-state index is 0.0976. The summed E-state index contributed by atoms with van der Waals surface area (Å²) in [7, 11) is 0. The number of halogens is 1. The van der Waals surface area contributed by atoms with E-state index < -0.39 is 0 Å². The normalized spacial score (nSPS) is 10.6. The number of carbonyl (C=O) groups is 1. The first-order valence-corrected chi connectivity index (χ1v) is 9.22. The summed E-state index contributed by atoms with van der Waals surface area (Å²) in [6.45, 7) is 5.83. The van der Waals surface area contributed by atoms with Crippen molar-refractivity contribution in [2.75, 3.05) is 10.6 Å². The Labute approximate surface area is 168 Å². The van der Waals surface area contributed by atoms with Crippen molar-refractivity contribution in [2.24, 2.45) is 0 Å². The molecule has 1 amide bonds. The SMILES string of the molecule is Cc1c(Cl)cccc1Nc1ncc(C(=O)Nc2ccc(OC(C)C)cc2)cn1. The van der Waals surface area contributed by atoms with E-state index in [-0.39, 0.29) is 12.0 Å². The highest BCUT2D eigenvalue weighted by Gasteiger charge is 2.09. The lowest BCUT2D eigenvalue weighted by Gasteiger charge is -2.11. The van der Waals surface area contributed by atoms with E-state index in [4.69, 9.17) is 16.3 Å². The number of carbonyl (C=O) groups excluding carboxylic acids is 1. The minimum Gasteiger partial charge on any atom is -0.491 e. The lowest BCUT2D eigenvalue weighted by molar-refractivity contribution is 0.102. The third-order valence-electron chi connectivity index (χ3n) is 3.91. The van der Waals surface area contributed by atoms with Crippen LogP contribution in [0.25, 0.3) is 0 Å². The number of ether oxygens (including phenoxy) is 1. The second-order valence-electron chi connectivity index (χ2n) is 6.48. The van der Waals surface area contributed by atoms with Crippen LogP contribution in [0.4, 0.5) is 17.3 Å². The van der Waals surface area contributed by atoms with Crippen LogP contribution < -0.4 is 15.4 Å². The van der Waals surface area contributed by atoms with E-state index in [9.17, 15) is 4.79 Å². The summed E-state index contributed by atoms with van der Waals surface area (Å²) in [5.41, 5.74) is 2.74. The van der Waals surface area contributed by atoms with E-state index >= 15 is 0 Å². The van der Waals surface area contributed by atoms with Crippen LogP contribution in [0.1, 0.15) is 29.8 Å². The number of hydrogen-bond acceptors (Lipinski definition) is 5. The summed E-state index contributed by atoms with van der Waals surface area (Å²) in [5.74, 6) is 0.850. The monoisotopic (exact) mass is 396 g/mol. The van der Waals surface area contributed by atoms with Gasteiger partial charge in [-0.3, -0.25) is 4.79 Å². The van der Waals surface area contributed by atoms with Crippen molar-refractivity contribution in [1.29, 1.82) is 0 Å². The van der Waals surface area contributed by atoms with Gasteiger partial charge in [-0.05, 0) is 62.7 Å². The average molecular weight is 397 g/mol. The fourth-order valence-electron chi connectivity index (χ4n) is 2.47. The van der Waals surface area contributed by atoms with Crippen LogP contribution in [-0.2, 0) is 0 Å². The van der Waals surface area contributed by atoms with Gasteiger partial charge < -0.3 is 15.4 Å². The van der Waals surface area contributed by atoms with Gasteiger partial charge in [0.25, 0.3) is 5.91 Å². The largest absolute Gasteiger partial charge is 0.491 e. The van der Waals surface area contributed by atoms with E-state index in [1.54, 1.807) is 12.1 Å². The number of aromatic nitrogens is 2. The van der Waals surface area contributed by atoms with Crippen molar-refractivity contribution < 1.29 is 9.53 Å². The molecule has 0 aliphatic rings.